The number of hydrogen-bond acceptors (Lipinski definition) is 1. The zero-order valence-electron chi connectivity index (χ0n) is 9.27. The molecule has 1 N–H and O–H groups in total. The number of alkyl halides is 1. The first-order valence-corrected chi connectivity index (χ1v) is 7.29. The van der Waals surface area contributed by atoms with Gasteiger partial charge in [-0.15, -0.1) is 0 Å². The van der Waals surface area contributed by atoms with Crippen molar-refractivity contribution in [3.63, 3.8) is 0 Å². The van der Waals surface area contributed by atoms with Crippen LogP contribution in [0.15, 0.2) is 18.2 Å². The minimum atomic E-state index is 0.523. The van der Waals surface area contributed by atoms with Gasteiger partial charge in [0.2, 0.25) is 0 Å². The van der Waals surface area contributed by atoms with Crippen LogP contribution in [0, 0.1) is 0 Å². The van der Waals surface area contributed by atoms with Crippen LogP contribution in [0.1, 0.15) is 25.3 Å². The maximum Gasteiger partial charge on any atom is 0.0637 e. The summed E-state index contributed by atoms with van der Waals surface area (Å²) < 4.78 is 0. The molecule has 16 heavy (non-hydrogen) atoms. The van der Waals surface area contributed by atoms with Gasteiger partial charge in [0.1, 0.15) is 0 Å². The van der Waals surface area contributed by atoms with Gasteiger partial charge in [0.25, 0.3) is 0 Å². The molecule has 1 nitrogen and oxygen atoms in total. The summed E-state index contributed by atoms with van der Waals surface area (Å²) in [6.45, 7) is 2.95. The first-order valence-electron chi connectivity index (χ1n) is 5.41. The highest BCUT2D eigenvalue weighted by Gasteiger charge is 2.07. The molecule has 1 aromatic rings. The van der Waals surface area contributed by atoms with Crippen LogP contribution >= 0.6 is 39.1 Å². The molecule has 4 heteroatoms. The van der Waals surface area contributed by atoms with Gasteiger partial charge in [0.05, 0.1) is 10.0 Å². The Balaban J connectivity index is 2.56. The maximum atomic E-state index is 6.12. The highest BCUT2D eigenvalue weighted by atomic mass is 79.9. The molecule has 0 bridgehead atoms. The zero-order chi connectivity index (χ0) is 12.0. The van der Waals surface area contributed by atoms with Gasteiger partial charge in [-0.25, -0.2) is 0 Å². The molecule has 0 heterocycles. The lowest BCUT2D eigenvalue weighted by molar-refractivity contribution is 0.488. The molecule has 0 aromatic heterocycles. The Hall–Kier alpha value is 0.240. The van der Waals surface area contributed by atoms with Gasteiger partial charge in [-0.1, -0.05) is 58.2 Å². The van der Waals surface area contributed by atoms with Crippen LogP contribution in [0.25, 0.3) is 0 Å². The van der Waals surface area contributed by atoms with Crippen molar-refractivity contribution in [2.24, 2.45) is 0 Å². The summed E-state index contributed by atoms with van der Waals surface area (Å²) in [5, 5.41) is 5.77. The normalized spacial score (nSPS) is 12.8. The first kappa shape index (κ1) is 14.3. The summed E-state index contributed by atoms with van der Waals surface area (Å²) in [5.74, 6) is 0. The van der Waals surface area contributed by atoms with Crippen molar-refractivity contribution in [3.8, 4) is 0 Å². The lowest BCUT2D eigenvalue weighted by Gasteiger charge is -2.16. The van der Waals surface area contributed by atoms with Crippen molar-refractivity contribution in [3.05, 3.63) is 33.8 Å². The van der Waals surface area contributed by atoms with Crippen LogP contribution in [0.4, 0.5) is 0 Å². The topological polar surface area (TPSA) is 12.0 Å². The highest BCUT2D eigenvalue weighted by molar-refractivity contribution is 9.09. The van der Waals surface area contributed by atoms with Crippen molar-refractivity contribution >= 4 is 39.1 Å². The molecule has 0 aliphatic carbocycles. The van der Waals surface area contributed by atoms with Gasteiger partial charge in [-0.3, -0.25) is 0 Å². The summed E-state index contributed by atoms with van der Waals surface area (Å²) in [6.07, 6.45) is 2.23. The lowest BCUT2D eigenvalue weighted by Crippen LogP contribution is -2.28. The SMILES string of the molecule is CCC(CCBr)NCc1cccc(Cl)c1Cl. The molecule has 1 aromatic carbocycles. The molecular formula is C12H16BrCl2N. The summed E-state index contributed by atoms with van der Waals surface area (Å²) in [7, 11) is 0. The highest BCUT2D eigenvalue weighted by Crippen LogP contribution is 2.25. The smallest absolute Gasteiger partial charge is 0.0637 e. The van der Waals surface area contributed by atoms with E-state index in [4.69, 9.17) is 23.2 Å². The van der Waals surface area contributed by atoms with Crippen LogP contribution in [0.3, 0.4) is 0 Å². The lowest BCUT2D eigenvalue weighted by atomic mass is 10.1. The summed E-state index contributed by atoms with van der Waals surface area (Å²) in [5.41, 5.74) is 1.06. The molecule has 0 saturated heterocycles. The quantitative estimate of drug-likeness (QED) is 0.751. The third-order valence-electron chi connectivity index (χ3n) is 2.56. The predicted octanol–water partition coefficient (Wildman–Crippen LogP) is 4.65. The second kappa shape index (κ2) is 7.54. The van der Waals surface area contributed by atoms with E-state index in [1.807, 2.05) is 18.2 Å². The molecule has 1 unspecified atom stereocenters. The molecule has 0 fully saturated rings. The van der Waals surface area contributed by atoms with Gasteiger partial charge in [-0.2, -0.15) is 0 Å². The predicted molar refractivity (Wildman–Crippen MR) is 75.8 cm³/mol. The summed E-state index contributed by atoms with van der Waals surface area (Å²) in [4.78, 5) is 0. The summed E-state index contributed by atoms with van der Waals surface area (Å²) >= 11 is 15.5. The number of hydrogen-bond donors (Lipinski definition) is 1. The third kappa shape index (κ3) is 4.25. The largest absolute Gasteiger partial charge is 0.310 e. The van der Waals surface area contributed by atoms with E-state index in [1.165, 1.54) is 0 Å². The molecule has 0 saturated carbocycles. The van der Waals surface area contributed by atoms with Gasteiger partial charge in [-0.05, 0) is 24.5 Å². The second-order valence-corrected chi connectivity index (χ2v) is 5.25. The molecule has 0 radical (unpaired) electrons. The molecular weight excluding hydrogens is 309 g/mol. The van der Waals surface area contributed by atoms with Crippen LogP contribution in [-0.4, -0.2) is 11.4 Å². The average molecular weight is 325 g/mol. The van der Waals surface area contributed by atoms with E-state index in [0.29, 0.717) is 16.1 Å². The van der Waals surface area contributed by atoms with Crippen LogP contribution in [0.2, 0.25) is 10.0 Å². The Morgan fingerprint density at radius 2 is 2.12 bits per heavy atom. The van der Waals surface area contributed by atoms with Crippen LogP contribution < -0.4 is 5.32 Å². The molecule has 0 aliphatic rings. The van der Waals surface area contributed by atoms with E-state index in [0.717, 1.165) is 30.3 Å². The molecule has 1 rings (SSSR count). The second-order valence-electron chi connectivity index (χ2n) is 3.68. The fourth-order valence-electron chi connectivity index (χ4n) is 1.52. The van der Waals surface area contributed by atoms with Gasteiger partial charge >= 0.3 is 0 Å². The fraction of sp³-hybridized carbons (Fsp3) is 0.500. The van der Waals surface area contributed by atoms with E-state index < -0.39 is 0 Å². The number of halogens is 3. The minimum absolute atomic E-state index is 0.523. The van der Waals surface area contributed by atoms with Crippen molar-refractivity contribution in [2.45, 2.75) is 32.4 Å². The van der Waals surface area contributed by atoms with Crippen molar-refractivity contribution in [2.75, 3.05) is 5.33 Å². The molecule has 90 valence electrons. The minimum Gasteiger partial charge on any atom is -0.310 e. The van der Waals surface area contributed by atoms with Gasteiger partial charge in [0.15, 0.2) is 0 Å². The summed E-state index contributed by atoms with van der Waals surface area (Å²) in [6, 6.07) is 6.26. The Morgan fingerprint density at radius 3 is 2.75 bits per heavy atom. The van der Waals surface area contributed by atoms with Gasteiger partial charge in [0, 0.05) is 17.9 Å². The molecule has 0 aliphatic heterocycles. The Morgan fingerprint density at radius 1 is 1.38 bits per heavy atom. The molecule has 0 amide bonds. The number of benzene rings is 1. The maximum absolute atomic E-state index is 6.12. The molecule has 0 spiro atoms. The Kier molecular flexibility index (Phi) is 6.74. The van der Waals surface area contributed by atoms with Crippen LogP contribution in [-0.2, 0) is 6.54 Å². The van der Waals surface area contributed by atoms with Crippen molar-refractivity contribution < 1.29 is 0 Å². The fourth-order valence-corrected chi connectivity index (χ4v) is 2.46. The van der Waals surface area contributed by atoms with Crippen molar-refractivity contribution in [1.29, 1.82) is 0 Å². The van der Waals surface area contributed by atoms with Crippen molar-refractivity contribution in [1.82, 2.24) is 5.32 Å². The third-order valence-corrected chi connectivity index (χ3v) is 3.88. The number of nitrogens with one attached hydrogen (secondary N) is 1. The zero-order valence-corrected chi connectivity index (χ0v) is 12.4. The monoisotopic (exact) mass is 323 g/mol. The van der Waals surface area contributed by atoms with E-state index in [1.54, 1.807) is 0 Å². The standard InChI is InChI=1S/C12H16BrCl2N/c1-2-10(6-7-13)16-8-9-4-3-5-11(14)12(9)15/h3-5,10,16H,2,6-8H2,1H3. The molecule has 1 atom stereocenters. The Labute approximate surface area is 116 Å². The first-order chi connectivity index (χ1) is 7.69. The van der Waals surface area contributed by atoms with E-state index in [9.17, 15) is 0 Å². The van der Waals surface area contributed by atoms with E-state index in [2.05, 4.69) is 28.2 Å². The van der Waals surface area contributed by atoms with Gasteiger partial charge < -0.3 is 5.32 Å². The van der Waals surface area contributed by atoms with Crippen LogP contribution in [0.5, 0.6) is 0 Å². The Bertz CT molecular complexity index is 331. The average Bonchev–Trinajstić information content (AvgIpc) is 2.29. The van der Waals surface area contributed by atoms with E-state index >= 15 is 0 Å². The number of rotatable bonds is 6. The van der Waals surface area contributed by atoms with E-state index in [-0.39, 0.29) is 0 Å².